The molecule has 1 aromatic carbocycles. The van der Waals surface area contributed by atoms with Gasteiger partial charge in [0.05, 0.1) is 11.0 Å². The summed E-state index contributed by atoms with van der Waals surface area (Å²) in [6.45, 7) is 4.44. The Balaban J connectivity index is 2.08. The van der Waals surface area contributed by atoms with Crippen LogP contribution in [0.2, 0.25) is 0 Å². The van der Waals surface area contributed by atoms with Crippen LogP contribution in [0.15, 0.2) is 24.3 Å². The molecule has 1 N–H and O–H groups in total. The molecule has 0 amide bonds. The Morgan fingerprint density at radius 3 is 2.89 bits per heavy atom. The lowest BCUT2D eigenvalue weighted by Gasteiger charge is -2.07. The first-order valence-electron chi connectivity index (χ1n) is 7.51. The topological polar surface area (TPSA) is 28.7 Å². The molecule has 100 valence electrons. The summed E-state index contributed by atoms with van der Waals surface area (Å²) in [6.07, 6.45) is 8.35. The number of nitrogens with zero attached hydrogens (tertiary/aromatic N) is 1. The molecule has 1 fully saturated rings. The second-order valence-corrected chi connectivity index (χ2v) is 5.49. The summed E-state index contributed by atoms with van der Waals surface area (Å²) in [6, 6.07) is 6.51. The minimum Gasteiger partial charge on any atom is -0.342 e. The molecule has 2 aromatic rings. The Bertz CT molecular complexity index is 603. The van der Waals surface area contributed by atoms with Gasteiger partial charge in [0.25, 0.3) is 0 Å². The molecule has 0 atom stereocenters. The Hall–Kier alpha value is -1.57. The van der Waals surface area contributed by atoms with Gasteiger partial charge in [0.2, 0.25) is 0 Å². The minimum absolute atomic E-state index is 0.685. The lowest BCUT2D eigenvalue weighted by molar-refractivity contribution is 0.966. The number of fused-ring (bicyclic) bond motifs is 1. The molecule has 1 aliphatic carbocycles. The zero-order valence-corrected chi connectivity index (χ0v) is 11.9. The van der Waals surface area contributed by atoms with Crippen LogP contribution in [0.1, 0.15) is 63.3 Å². The second kappa shape index (κ2) is 5.20. The maximum absolute atomic E-state index is 4.86. The van der Waals surface area contributed by atoms with E-state index in [0.717, 1.165) is 18.4 Å². The van der Waals surface area contributed by atoms with Crippen LogP contribution >= 0.6 is 0 Å². The highest BCUT2D eigenvalue weighted by atomic mass is 14.9. The lowest BCUT2D eigenvalue weighted by atomic mass is 9.99. The van der Waals surface area contributed by atoms with Crippen LogP contribution in [-0.2, 0) is 0 Å². The van der Waals surface area contributed by atoms with Crippen LogP contribution in [0.3, 0.4) is 0 Å². The number of imidazole rings is 1. The standard InChI is InChI=1S/C17H22N2/c1-3-6-12(7-4-2)14-8-5-9-15-16(14)19-17(18-15)13-10-11-13/h5-6,8-9,13H,3-4,7,10-11H2,1-2H3,(H,18,19). The molecule has 0 radical (unpaired) electrons. The summed E-state index contributed by atoms with van der Waals surface area (Å²) >= 11 is 0. The van der Waals surface area contributed by atoms with Crippen LogP contribution in [0.25, 0.3) is 16.6 Å². The van der Waals surface area contributed by atoms with Crippen molar-refractivity contribution in [2.75, 3.05) is 0 Å². The smallest absolute Gasteiger partial charge is 0.110 e. The van der Waals surface area contributed by atoms with Gasteiger partial charge in [-0.15, -0.1) is 0 Å². The third-order valence-electron chi connectivity index (χ3n) is 3.81. The van der Waals surface area contributed by atoms with Gasteiger partial charge in [-0.05, 0) is 37.3 Å². The third kappa shape index (κ3) is 2.44. The van der Waals surface area contributed by atoms with Crippen molar-refractivity contribution in [3.63, 3.8) is 0 Å². The molecule has 0 spiro atoms. The Morgan fingerprint density at radius 2 is 2.21 bits per heavy atom. The molecule has 2 nitrogen and oxygen atoms in total. The number of aromatic nitrogens is 2. The van der Waals surface area contributed by atoms with E-state index >= 15 is 0 Å². The molecule has 1 aromatic heterocycles. The van der Waals surface area contributed by atoms with E-state index in [0.29, 0.717) is 5.92 Å². The molecular weight excluding hydrogens is 232 g/mol. The van der Waals surface area contributed by atoms with Crippen molar-refractivity contribution in [1.29, 1.82) is 0 Å². The monoisotopic (exact) mass is 254 g/mol. The molecule has 2 heteroatoms. The van der Waals surface area contributed by atoms with Crippen molar-refractivity contribution in [2.45, 2.75) is 51.9 Å². The fourth-order valence-corrected chi connectivity index (χ4v) is 2.72. The van der Waals surface area contributed by atoms with Crippen molar-refractivity contribution in [1.82, 2.24) is 9.97 Å². The molecule has 0 aliphatic heterocycles. The Morgan fingerprint density at radius 1 is 1.37 bits per heavy atom. The molecule has 19 heavy (non-hydrogen) atoms. The maximum atomic E-state index is 4.86. The molecular formula is C17H22N2. The summed E-state index contributed by atoms with van der Waals surface area (Å²) < 4.78 is 0. The normalized spacial score (nSPS) is 16.2. The van der Waals surface area contributed by atoms with Gasteiger partial charge in [-0.1, -0.05) is 38.5 Å². The van der Waals surface area contributed by atoms with E-state index in [4.69, 9.17) is 4.98 Å². The molecule has 1 saturated carbocycles. The predicted octanol–water partition coefficient (Wildman–Crippen LogP) is 5.03. The first-order chi connectivity index (χ1) is 9.33. The number of allylic oxidation sites excluding steroid dienone is 2. The highest BCUT2D eigenvalue weighted by molar-refractivity contribution is 5.89. The number of rotatable bonds is 5. The first-order valence-corrected chi connectivity index (χ1v) is 7.51. The van der Waals surface area contributed by atoms with E-state index in [1.165, 1.54) is 41.7 Å². The summed E-state index contributed by atoms with van der Waals surface area (Å²) in [5.74, 6) is 1.87. The number of hydrogen-bond acceptors (Lipinski definition) is 1. The van der Waals surface area contributed by atoms with E-state index < -0.39 is 0 Å². The van der Waals surface area contributed by atoms with Crippen LogP contribution in [0.4, 0.5) is 0 Å². The number of para-hydroxylation sites is 1. The van der Waals surface area contributed by atoms with E-state index in [2.05, 4.69) is 43.1 Å². The van der Waals surface area contributed by atoms with Gasteiger partial charge in [-0.25, -0.2) is 4.98 Å². The van der Waals surface area contributed by atoms with Crippen molar-refractivity contribution in [3.05, 3.63) is 35.7 Å². The third-order valence-corrected chi connectivity index (χ3v) is 3.81. The van der Waals surface area contributed by atoms with Crippen LogP contribution < -0.4 is 0 Å². The van der Waals surface area contributed by atoms with E-state index in [1.807, 2.05) is 0 Å². The van der Waals surface area contributed by atoms with E-state index in [-0.39, 0.29) is 0 Å². The van der Waals surface area contributed by atoms with Crippen LogP contribution in [0, 0.1) is 0 Å². The van der Waals surface area contributed by atoms with Gasteiger partial charge in [-0.3, -0.25) is 0 Å². The molecule has 0 unspecified atom stereocenters. The molecule has 3 rings (SSSR count). The summed E-state index contributed by atoms with van der Waals surface area (Å²) in [4.78, 5) is 8.36. The largest absolute Gasteiger partial charge is 0.342 e. The zero-order valence-electron chi connectivity index (χ0n) is 11.9. The highest BCUT2D eigenvalue weighted by Gasteiger charge is 2.27. The average molecular weight is 254 g/mol. The number of aromatic amines is 1. The van der Waals surface area contributed by atoms with Crippen molar-refractivity contribution in [3.8, 4) is 0 Å². The second-order valence-electron chi connectivity index (χ2n) is 5.49. The summed E-state index contributed by atoms with van der Waals surface area (Å²) in [5.41, 5.74) is 5.13. The van der Waals surface area contributed by atoms with Gasteiger partial charge in [0.15, 0.2) is 0 Å². The maximum Gasteiger partial charge on any atom is 0.110 e. The van der Waals surface area contributed by atoms with Crippen LogP contribution in [0.5, 0.6) is 0 Å². The number of benzene rings is 1. The molecule has 1 heterocycles. The number of H-pyrrole nitrogens is 1. The van der Waals surface area contributed by atoms with Gasteiger partial charge < -0.3 is 4.98 Å². The van der Waals surface area contributed by atoms with Gasteiger partial charge in [0, 0.05) is 11.5 Å². The quantitative estimate of drug-likeness (QED) is 0.796. The average Bonchev–Trinajstić information content (AvgIpc) is 3.17. The van der Waals surface area contributed by atoms with Gasteiger partial charge in [0.1, 0.15) is 5.82 Å². The SMILES string of the molecule is CCC=C(CCC)c1cccc2[nH]c(C3CC3)nc12. The predicted molar refractivity (Wildman–Crippen MR) is 81.2 cm³/mol. The molecule has 1 aliphatic rings. The lowest BCUT2D eigenvalue weighted by Crippen LogP contribution is -1.87. The fourth-order valence-electron chi connectivity index (χ4n) is 2.72. The Kier molecular flexibility index (Phi) is 3.41. The summed E-state index contributed by atoms with van der Waals surface area (Å²) in [5, 5.41) is 0. The first kappa shape index (κ1) is 12.5. The van der Waals surface area contributed by atoms with Crippen LogP contribution in [-0.4, -0.2) is 9.97 Å². The van der Waals surface area contributed by atoms with Crippen molar-refractivity contribution < 1.29 is 0 Å². The fraction of sp³-hybridized carbons (Fsp3) is 0.471. The number of nitrogens with one attached hydrogen (secondary N) is 1. The van der Waals surface area contributed by atoms with Crippen molar-refractivity contribution >= 4 is 16.6 Å². The van der Waals surface area contributed by atoms with E-state index in [9.17, 15) is 0 Å². The van der Waals surface area contributed by atoms with Gasteiger partial charge >= 0.3 is 0 Å². The minimum atomic E-state index is 0.685. The molecule has 0 saturated heterocycles. The van der Waals surface area contributed by atoms with Gasteiger partial charge in [-0.2, -0.15) is 0 Å². The zero-order chi connectivity index (χ0) is 13.2. The highest BCUT2D eigenvalue weighted by Crippen LogP contribution is 2.39. The number of hydrogen-bond donors (Lipinski definition) is 1. The van der Waals surface area contributed by atoms with Crippen molar-refractivity contribution in [2.24, 2.45) is 0 Å². The molecule has 0 bridgehead atoms. The Labute approximate surface area is 114 Å². The van der Waals surface area contributed by atoms with E-state index in [1.54, 1.807) is 0 Å². The summed E-state index contributed by atoms with van der Waals surface area (Å²) in [7, 11) is 0.